The van der Waals surface area contributed by atoms with E-state index in [4.69, 9.17) is 23.7 Å². The molecule has 0 heterocycles. The number of rotatable bonds is 10. The van der Waals surface area contributed by atoms with Gasteiger partial charge in [0.1, 0.15) is 0 Å². The third-order valence-corrected chi connectivity index (χ3v) is 3.83. The van der Waals surface area contributed by atoms with Crippen molar-refractivity contribution in [2.24, 2.45) is 0 Å². The van der Waals surface area contributed by atoms with Crippen LogP contribution in [-0.2, 0) is 9.47 Å². The van der Waals surface area contributed by atoms with Gasteiger partial charge in [-0.2, -0.15) is 5.26 Å². The highest BCUT2D eigenvalue weighted by Gasteiger charge is 2.12. The number of benzene rings is 2. The van der Waals surface area contributed by atoms with Crippen molar-refractivity contribution in [3.8, 4) is 23.3 Å². The molecule has 2 rings (SSSR count). The molecule has 7 heteroatoms. The van der Waals surface area contributed by atoms with E-state index in [2.05, 4.69) is 6.07 Å². The quantitative estimate of drug-likeness (QED) is 0.266. The summed E-state index contributed by atoms with van der Waals surface area (Å²) in [5, 5.41) is 9.60. The molecule has 0 unspecified atom stereocenters. The summed E-state index contributed by atoms with van der Waals surface area (Å²) in [6.45, 7) is 0.597. The smallest absolute Gasteiger partial charge is 0.189 e. The van der Waals surface area contributed by atoms with E-state index in [0.717, 1.165) is 0 Å². The highest BCUT2D eigenvalue weighted by Crippen LogP contribution is 2.32. The Kier molecular flexibility index (Phi) is 8.28. The fourth-order valence-corrected chi connectivity index (χ4v) is 2.43. The first kappa shape index (κ1) is 21.2. The Morgan fingerprint density at radius 2 is 1.86 bits per heavy atom. The van der Waals surface area contributed by atoms with Gasteiger partial charge in [0.15, 0.2) is 29.9 Å². The number of hydrogen-bond donors (Lipinski definition) is 0. The molecule has 0 radical (unpaired) electrons. The summed E-state index contributed by atoms with van der Waals surface area (Å²) in [5.74, 6) is 0.497. The number of allylic oxidation sites excluding steroid dienone is 1. The van der Waals surface area contributed by atoms with Gasteiger partial charge < -0.3 is 23.7 Å². The predicted octanol–water partition coefficient (Wildman–Crippen LogP) is 3.91. The van der Waals surface area contributed by atoms with Crippen LogP contribution in [0.2, 0.25) is 0 Å². The maximum absolute atomic E-state index is 14.2. The van der Waals surface area contributed by atoms with Gasteiger partial charge in [-0.25, -0.2) is 4.39 Å². The topological polar surface area (TPSA) is 69.9 Å². The Morgan fingerprint density at radius 1 is 1.07 bits per heavy atom. The molecule has 0 N–H and O–H groups in total. The minimum atomic E-state index is -0.548. The van der Waals surface area contributed by atoms with E-state index in [-0.39, 0.29) is 12.5 Å². The van der Waals surface area contributed by atoms with Gasteiger partial charge in [-0.05, 0) is 35.9 Å². The van der Waals surface area contributed by atoms with E-state index in [9.17, 15) is 9.65 Å². The molecule has 2 aromatic carbocycles. The molecule has 0 aliphatic carbocycles. The summed E-state index contributed by atoms with van der Waals surface area (Å²) in [7, 11) is 4.60. The lowest BCUT2D eigenvalue weighted by Crippen LogP contribution is -2.09. The van der Waals surface area contributed by atoms with Gasteiger partial charge >= 0.3 is 0 Å². The number of nitriles is 1. The summed E-state index contributed by atoms with van der Waals surface area (Å²) in [6, 6.07) is 11.7. The van der Waals surface area contributed by atoms with Crippen molar-refractivity contribution in [3.63, 3.8) is 0 Å². The van der Waals surface area contributed by atoms with Crippen molar-refractivity contribution in [2.75, 3.05) is 41.3 Å². The maximum Gasteiger partial charge on any atom is 0.189 e. The predicted molar refractivity (Wildman–Crippen MR) is 103 cm³/mol. The fraction of sp³-hybridized carbons (Fsp3) is 0.286. The van der Waals surface area contributed by atoms with Gasteiger partial charge in [0.05, 0.1) is 39.1 Å². The van der Waals surface area contributed by atoms with E-state index in [0.29, 0.717) is 41.4 Å². The number of methoxy groups -OCH3 is 3. The fourth-order valence-electron chi connectivity index (χ4n) is 2.43. The summed E-state index contributed by atoms with van der Waals surface area (Å²) in [4.78, 5) is 0. The average Bonchev–Trinajstić information content (AvgIpc) is 2.72. The second-order valence-electron chi connectivity index (χ2n) is 5.56. The van der Waals surface area contributed by atoms with Crippen LogP contribution in [0.4, 0.5) is 4.39 Å². The molecule has 6 nitrogen and oxygen atoms in total. The number of hydrogen-bond acceptors (Lipinski definition) is 6. The van der Waals surface area contributed by atoms with Crippen LogP contribution in [0.25, 0.3) is 11.6 Å². The first-order chi connectivity index (χ1) is 13.6. The molecule has 0 bridgehead atoms. The molecule has 0 aliphatic heterocycles. The lowest BCUT2D eigenvalue weighted by Gasteiger charge is -2.12. The van der Waals surface area contributed by atoms with Gasteiger partial charge in [-0.15, -0.1) is 0 Å². The van der Waals surface area contributed by atoms with Gasteiger partial charge in [0.25, 0.3) is 0 Å². The number of para-hydroxylation sites is 1. The third-order valence-electron chi connectivity index (χ3n) is 3.83. The van der Waals surface area contributed by atoms with Crippen LogP contribution >= 0.6 is 0 Å². The summed E-state index contributed by atoms with van der Waals surface area (Å²) in [5.41, 5.74) is 1.34. The lowest BCUT2D eigenvalue weighted by atomic mass is 10.0. The Morgan fingerprint density at radius 3 is 2.54 bits per heavy atom. The first-order valence-electron chi connectivity index (χ1n) is 8.46. The molecule has 0 fully saturated rings. The van der Waals surface area contributed by atoms with E-state index < -0.39 is 5.82 Å². The van der Waals surface area contributed by atoms with Crippen LogP contribution in [0.3, 0.4) is 0 Å². The van der Waals surface area contributed by atoms with E-state index in [1.165, 1.54) is 20.3 Å². The van der Waals surface area contributed by atoms with Crippen LogP contribution in [0.5, 0.6) is 17.2 Å². The van der Waals surface area contributed by atoms with Gasteiger partial charge in [0.2, 0.25) is 0 Å². The monoisotopic (exact) mass is 387 g/mol. The maximum atomic E-state index is 14.2. The molecule has 0 spiro atoms. The summed E-state index contributed by atoms with van der Waals surface area (Å²) < 4.78 is 40.3. The number of nitrogens with zero attached hydrogens (tertiary/aromatic N) is 1. The first-order valence-corrected chi connectivity index (χ1v) is 8.46. The average molecular weight is 387 g/mol. The van der Waals surface area contributed by atoms with Crippen LogP contribution < -0.4 is 14.2 Å². The van der Waals surface area contributed by atoms with Crippen molar-refractivity contribution in [1.29, 1.82) is 5.26 Å². The lowest BCUT2D eigenvalue weighted by molar-refractivity contribution is -0.0101. The molecule has 0 aliphatic rings. The zero-order valence-electron chi connectivity index (χ0n) is 16.0. The van der Waals surface area contributed by atoms with Crippen LogP contribution in [0.1, 0.15) is 11.1 Å². The van der Waals surface area contributed by atoms with Gasteiger partial charge in [-0.3, -0.25) is 0 Å². The van der Waals surface area contributed by atoms with Crippen molar-refractivity contribution in [2.45, 2.75) is 0 Å². The van der Waals surface area contributed by atoms with Crippen molar-refractivity contribution >= 4 is 11.6 Å². The molecule has 0 saturated carbocycles. The van der Waals surface area contributed by atoms with Crippen LogP contribution in [0, 0.1) is 17.1 Å². The number of halogens is 1. The largest absolute Gasteiger partial charge is 0.493 e. The van der Waals surface area contributed by atoms with E-state index >= 15 is 0 Å². The molecule has 2 aromatic rings. The third kappa shape index (κ3) is 5.46. The Bertz CT molecular complexity index is 860. The molecule has 0 saturated heterocycles. The van der Waals surface area contributed by atoms with E-state index in [1.54, 1.807) is 43.5 Å². The normalized spacial score (nSPS) is 11.0. The minimum Gasteiger partial charge on any atom is -0.493 e. The second kappa shape index (κ2) is 10.9. The summed E-state index contributed by atoms with van der Waals surface area (Å²) >= 11 is 0. The zero-order chi connectivity index (χ0) is 20.4. The molecular weight excluding hydrogens is 365 g/mol. The van der Waals surface area contributed by atoms with E-state index in [1.807, 2.05) is 0 Å². The van der Waals surface area contributed by atoms with Crippen molar-refractivity contribution in [1.82, 2.24) is 0 Å². The van der Waals surface area contributed by atoms with Crippen molar-refractivity contribution < 1.29 is 28.1 Å². The Balaban J connectivity index is 2.31. The van der Waals surface area contributed by atoms with Crippen LogP contribution in [0.15, 0.2) is 36.4 Å². The Hall–Kier alpha value is -3.08. The zero-order valence-corrected chi connectivity index (χ0v) is 16.0. The van der Waals surface area contributed by atoms with Gasteiger partial charge in [0, 0.05) is 12.7 Å². The SMILES string of the molecule is COCCOCOc1c(F)cccc1C=C(C#N)c1ccc(OC)c(OC)c1. The molecule has 0 aromatic heterocycles. The standard InChI is InChI=1S/C21H22FNO5/c1-24-9-10-27-14-28-21-16(5-4-6-18(21)22)11-17(13-23)15-7-8-19(25-2)20(12-15)26-3/h4-8,11-12H,9-10,14H2,1-3H3. The number of ether oxygens (including phenoxy) is 5. The molecular formula is C21H22FNO5. The molecule has 0 atom stereocenters. The molecule has 28 heavy (non-hydrogen) atoms. The second-order valence-corrected chi connectivity index (χ2v) is 5.56. The van der Waals surface area contributed by atoms with Gasteiger partial charge in [-0.1, -0.05) is 12.1 Å². The Labute approximate surface area is 163 Å². The molecule has 148 valence electrons. The van der Waals surface area contributed by atoms with Crippen molar-refractivity contribution in [3.05, 3.63) is 53.3 Å². The summed E-state index contributed by atoms with van der Waals surface area (Å²) in [6.07, 6.45) is 1.55. The minimum absolute atomic E-state index is 0.00754. The molecule has 0 amide bonds. The highest BCUT2D eigenvalue weighted by molar-refractivity contribution is 5.91. The highest BCUT2D eigenvalue weighted by atomic mass is 19.1. The van der Waals surface area contributed by atoms with Crippen LogP contribution in [-0.4, -0.2) is 41.3 Å².